The van der Waals surface area contributed by atoms with Gasteiger partial charge in [0.1, 0.15) is 19.0 Å². The van der Waals surface area contributed by atoms with Gasteiger partial charge in [-0.15, -0.1) is 0 Å². The van der Waals surface area contributed by atoms with E-state index in [-0.39, 0.29) is 5.91 Å². The summed E-state index contributed by atoms with van der Waals surface area (Å²) in [6.45, 7) is 4.88. The first-order valence-electron chi connectivity index (χ1n) is 9.48. The number of ether oxygens (including phenoxy) is 2. The van der Waals surface area contributed by atoms with Gasteiger partial charge in [-0.3, -0.25) is 9.69 Å². The number of hydrogen-bond donors (Lipinski definition) is 0. The predicted octanol–water partition coefficient (Wildman–Crippen LogP) is 4.88. The van der Waals surface area contributed by atoms with Gasteiger partial charge in [0, 0.05) is 10.9 Å². The molecule has 0 unspecified atom stereocenters. The molecule has 28 heavy (non-hydrogen) atoms. The third-order valence-corrected chi connectivity index (χ3v) is 5.61. The molecular weight excluding hydrogens is 420 g/mol. The quantitative estimate of drug-likeness (QED) is 0.638. The van der Waals surface area contributed by atoms with Crippen molar-refractivity contribution < 1.29 is 14.3 Å². The minimum atomic E-state index is -0.297. The Balaban J connectivity index is 1.85. The standard InChI is InChI=1S/C22H21BrN2O3/c1-3-4-5-21(26)25(20-9-8-19-22(24-20)28-11-10-27-19)18-12-14(2)17(23)13-16(18)15-6-7-15/h8-9,12-13,15H,3,6-7,10-11H2,1-2H3. The highest BCUT2D eigenvalue weighted by Crippen LogP contribution is 2.47. The van der Waals surface area contributed by atoms with Crippen LogP contribution in [0, 0.1) is 18.8 Å². The Hall–Kier alpha value is -2.52. The number of halogens is 1. The number of aromatic nitrogens is 1. The Morgan fingerprint density at radius 2 is 2.07 bits per heavy atom. The molecule has 2 aliphatic rings. The SMILES string of the molecule is CCC#CC(=O)N(c1ccc2c(n1)OCCO2)c1cc(C)c(Br)cc1C1CC1. The second-order valence-corrected chi connectivity index (χ2v) is 7.75. The van der Waals surface area contributed by atoms with E-state index in [2.05, 4.69) is 38.8 Å². The molecule has 2 heterocycles. The third-order valence-electron chi connectivity index (χ3n) is 4.76. The number of pyridine rings is 1. The van der Waals surface area contributed by atoms with E-state index in [9.17, 15) is 4.79 Å². The van der Waals surface area contributed by atoms with Crippen LogP contribution in [0.1, 0.15) is 43.2 Å². The minimum Gasteiger partial charge on any atom is -0.484 e. The molecule has 0 saturated heterocycles. The number of anilines is 2. The van der Waals surface area contributed by atoms with Crippen molar-refractivity contribution >= 4 is 33.3 Å². The molecule has 0 atom stereocenters. The first kappa shape index (κ1) is 18.8. The molecule has 1 fully saturated rings. The zero-order chi connectivity index (χ0) is 19.7. The van der Waals surface area contributed by atoms with Crippen molar-refractivity contribution in [1.29, 1.82) is 0 Å². The van der Waals surface area contributed by atoms with E-state index in [1.807, 2.05) is 19.9 Å². The highest BCUT2D eigenvalue weighted by molar-refractivity contribution is 9.10. The molecule has 0 bridgehead atoms. The molecule has 1 amide bonds. The maximum atomic E-state index is 13.1. The van der Waals surface area contributed by atoms with Crippen LogP contribution in [0.2, 0.25) is 0 Å². The van der Waals surface area contributed by atoms with E-state index < -0.39 is 0 Å². The van der Waals surface area contributed by atoms with Crippen LogP contribution in [0.25, 0.3) is 0 Å². The van der Waals surface area contributed by atoms with Crippen LogP contribution in [0.3, 0.4) is 0 Å². The normalized spacial score (nSPS) is 14.8. The van der Waals surface area contributed by atoms with Gasteiger partial charge < -0.3 is 9.47 Å². The highest BCUT2D eigenvalue weighted by Gasteiger charge is 2.31. The lowest BCUT2D eigenvalue weighted by atomic mass is 10.0. The zero-order valence-electron chi connectivity index (χ0n) is 15.9. The summed E-state index contributed by atoms with van der Waals surface area (Å²) in [5, 5.41) is 0. The Bertz CT molecular complexity index is 989. The average Bonchev–Trinajstić information content (AvgIpc) is 3.54. The minimum absolute atomic E-state index is 0.297. The topological polar surface area (TPSA) is 51.7 Å². The molecule has 2 aromatic rings. The second-order valence-electron chi connectivity index (χ2n) is 6.90. The molecule has 1 aliphatic carbocycles. The fraction of sp³-hybridized carbons (Fsp3) is 0.364. The van der Waals surface area contributed by atoms with Crippen molar-refractivity contribution in [3.8, 4) is 23.5 Å². The van der Waals surface area contributed by atoms with Crippen molar-refractivity contribution in [2.24, 2.45) is 0 Å². The van der Waals surface area contributed by atoms with Crippen LogP contribution in [0.15, 0.2) is 28.7 Å². The number of hydrogen-bond acceptors (Lipinski definition) is 4. The Kier molecular flexibility index (Phi) is 5.27. The van der Waals surface area contributed by atoms with Gasteiger partial charge in [0.15, 0.2) is 5.75 Å². The lowest BCUT2D eigenvalue weighted by molar-refractivity contribution is -0.112. The fourth-order valence-electron chi connectivity index (χ4n) is 3.20. The van der Waals surface area contributed by atoms with Crippen molar-refractivity contribution in [3.05, 3.63) is 39.9 Å². The van der Waals surface area contributed by atoms with Gasteiger partial charge in [-0.1, -0.05) is 28.8 Å². The zero-order valence-corrected chi connectivity index (χ0v) is 17.5. The molecule has 5 nitrogen and oxygen atoms in total. The van der Waals surface area contributed by atoms with Gasteiger partial charge in [-0.2, -0.15) is 4.98 Å². The first-order chi connectivity index (χ1) is 13.6. The molecule has 144 valence electrons. The van der Waals surface area contributed by atoms with E-state index in [1.165, 1.54) is 0 Å². The molecule has 1 aromatic heterocycles. The largest absolute Gasteiger partial charge is 0.484 e. The van der Waals surface area contributed by atoms with E-state index in [0.717, 1.165) is 34.1 Å². The first-order valence-corrected chi connectivity index (χ1v) is 10.3. The fourth-order valence-corrected chi connectivity index (χ4v) is 3.56. The van der Waals surface area contributed by atoms with Crippen molar-refractivity contribution in [2.45, 2.75) is 39.0 Å². The second kappa shape index (κ2) is 7.84. The highest BCUT2D eigenvalue weighted by atomic mass is 79.9. The monoisotopic (exact) mass is 440 g/mol. The molecule has 0 radical (unpaired) electrons. The van der Waals surface area contributed by atoms with Crippen LogP contribution < -0.4 is 14.4 Å². The molecular formula is C22H21BrN2O3. The number of fused-ring (bicyclic) bond motifs is 1. The van der Waals surface area contributed by atoms with Crippen molar-refractivity contribution in [2.75, 3.05) is 18.1 Å². The Morgan fingerprint density at radius 1 is 1.29 bits per heavy atom. The molecule has 1 aliphatic heterocycles. The van der Waals surface area contributed by atoms with E-state index in [0.29, 0.717) is 43.0 Å². The summed E-state index contributed by atoms with van der Waals surface area (Å²) in [4.78, 5) is 19.3. The molecule has 0 spiro atoms. The van der Waals surface area contributed by atoms with Crippen LogP contribution in [-0.2, 0) is 4.79 Å². The number of rotatable bonds is 3. The van der Waals surface area contributed by atoms with Crippen LogP contribution in [-0.4, -0.2) is 24.1 Å². The summed E-state index contributed by atoms with van der Waals surface area (Å²) in [5.41, 5.74) is 3.03. The number of carbonyl (C=O) groups excluding carboxylic acids is 1. The van der Waals surface area contributed by atoms with Gasteiger partial charge >= 0.3 is 5.91 Å². The van der Waals surface area contributed by atoms with Gasteiger partial charge in [0.2, 0.25) is 0 Å². The lowest BCUT2D eigenvalue weighted by Crippen LogP contribution is -2.27. The van der Waals surface area contributed by atoms with E-state index in [1.54, 1.807) is 17.0 Å². The smallest absolute Gasteiger partial charge is 0.308 e. The Morgan fingerprint density at radius 3 is 2.82 bits per heavy atom. The summed E-state index contributed by atoms with van der Waals surface area (Å²) >= 11 is 3.63. The van der Waals surface area contributed by atoms with Gasteiger partial charge in [0.25, 0.3) is 5.88 Å². The lowest BCUT2D eigenvalue weighted by Gasteiger charge is -2.25. The van der Waals surface area contributed by atoms with Crippen LogP contribution >= 0.6 is 15.9 Å². The maximum Gasteiger partial charge on any atom is 0.308 e. The predicted molar refractivity (Wildman–Crippen MR) is 111 cm³/mol. The number of amides is 1. The maximum absolute atomic E-state index is 13.1. The van der Waals surface area contributed by atoms with Crippen molar-refractivity contribution in [1.82, 2.24) is 4.98 Å². The van der Waals surface area contributed by atoms with Crippen LogP contribution in [0.5, 0.6) is 11.6 Å². The summed E-state index contributed by atoms with van der Waals surface area (Å²) in [7, 11) is 0. The summed E-state index contributed by atoms with van der Waals surface area (Å²) in [6.07, 6.45) is 2.86. The summed E-state index contributed by atoms with van der Waals surface area (Å²) in [5.74, 6) is 7.28. The van der Waals surface area contributed by atoms with Gasteiger partial charge in [-0.05, 0) is 67.0 Å². The number of benzene rings is 1. The van der Waals surface area contributed by atoms with Gasteiger partial charge in [-0.25, -0.2) is 0 Å². The molecule has 1 saturated carbocycles. The van der Waals surface area contributed by atoms with E-state index >= 15 is 0 Å². The number of nitrogens with zero attached hydrogens (tertiary/aromatic N) is 2. The molecule has 0 N–H and O–H groups in total. The third kappa shape index (κ3) is 3.72. The number of carbonyl (C=O) groups is 1. The Labute approximate surface area is 173 Å². The molecule has 6 heteroatoms. The van der Waals surface area contributed by atoms with Gasteiger partial charge in [0.05, 0.1) is 5.69 Å². The van der Waals surface area contributed by atoms with E-state index in [4.69, 9.17) is 9.47 Å². The van der Waals surface area contributed by atoms with Crippen molar-refractivity contribution in [3.63, 3.8) is 0 Å². The molecule has 1 aromatic carbocycles. The van der Waals surface area contributed by atoms with Crippen LogP contribution in [0.4, 0.5) is 11.5 Å². The summed E-state index contributed by atoms with van der Waals surface area (Å²) < 4.78 is 12.2. The average molecular weight is 441 g/mol. The number of aryl methyl sites for hydroxylation is 1. The molecule has 4 rings (SSSR count). The summed E-state index contributed by atoms with van der Waals surface area (Å²) in [6, 6.07) is 7.73.